The molecule has 2 rings (SSSR count). The van der Waals surface area contributed by atoms with Gasteiger partial charge in [-0.2, -0.15) is 13.2 Å². The van der Waals surface area contributed by atoms with Gasteiger partial charge < -0.3 is 25.8 Å². The number of carbonyl (C=O) groups excluding carboxylic acids is 2. The number of aliphatic hydroxyl groups is 1. The molecule has 1 aliphatic heterocycles. The summed E-state index contributed by atoms with van der Waals surface area (Å²) >= 11 is 0. The molecule has 9 nitrogen and oxygen atoms in total. The Bertz CT molecular complexity index is 898. The number of hydrogen-bond acceptors (Lipinski definition) is 7. The number of halogens is 3. The molecule has 1 unspecified atom stereocenters. The van der Waals surface area contributed by atoms with Crippen molar-refractivity contribution in [3.63, 3.8) is 0 Å². The van der Waals surface area contributed by atoms with E-state index in [1.54, 1.807) is 6.92 Å². The summed E-state index contributed by atoms with van der Waals surface area (Å²) in [5.41, 5.74) is 6.53. The van der Waals surface area contributed by atoms with Gasteiger partial charge in [0.2, 0.25) is 5.88 Å². The first-order valence-corrected chi connectivity index (χ1v) is 9.89. The lowest BCUT2D eigenvalue weighted by Gasteiger charge is -2.18. The van der Waals surface area contributed by atoms with Crippen LogP contribution in [0.5, 0.6) is 0 Å². The van der Waals surface area contributed by atoms with Crippen molar-refractivity contribution < 1.29 is 32.6 Å². The third-order valence-corrected chi connectivity index (χ3v) is 4.42. The molecule has 0 bridgehead atoms. The van der Waals surface area contributed by atoms with E-state index in [-0.39, 0.29) is 55.3 Å². The number of hydrogen-bond donors (Lipinski definition) is 3. The molecule has 4 N–H and O–H groups in total. The summed E-state index contributed by atoms with van der Waals surface area (Å²) in [7, 11) is 0. The second kappa shape index (κ2) is 10.9. The highest BCUT2D eigenvalue weighted by atomic mass is 19.4. The second-order valence-electron chi connectivity index (χ2n) is 7.35. The first-order chi connectivity index (χ1) is 15.0. The molecule has 1 atom stereocenters. The Kier molecular flexibility index (Phi) is 8.58. The minimum absolute atomic E-state index is 0.00900. The van der Waals surface area contributed by atoms with Crippen LogP contribution in [0.1, 0.15) is 46.7 Å². The van der Waals surface area contributed by atoms with Crippen LogP contribution in [-0.4, -0.2) is 65.5 Å². The highest BCUT2D eigenvalue weighted by molar-refractivity contribution is 6.03. The zero-order chi connectivity index (χ0) is 23.9. The van der Waals surface area contributed by atoms with Gasteiger partial charge in [0.05, 0.1) is 5.70 Å². The largest absolute Gasteiger partial charge is 0.467 e. The fraction of sp³-hybridized carbons (Fsp3) is 0.500. The topological polar surface area (TPSA) is 130 Å². The molecule has 12 heteroatoms. The Hall–Kier alpha value is -3.15. The number of ether oxygens (including phenoxy) is 1. The number of rotatable bonds is 10. The van der Waals surface area contributed by atoms with Gasteiger partial charge in [-0.1, -0.05) is 6.92 Å². The number of alkyl halides is 3. The average molecular weight is 457 g/mol. The van der Waals surface area contributed by atoms with Crippen molar-refractivity contribution in [3.05, 3.63) is 40.7 Å². The molecule has 0 aliphatic carbocycles. The van der Waals surface area contributed by atoms with E-state index in [0.717, 1.165) is 0 Å². The summed E-state index contributed by atoms with van der Waals surface area (Å²) in [6.07, 6.45) is -1.38. The molecule has 0 aromatic carbocycles. The third-order valence-electron chi connectivity index (χ3n) is 4.42. The van der Waals surface area contributed by atoms with Crippen molar-refractivity contribution in [2.45, 2.75) is 33.0 Å². The molecular formula is C20H26F3N5O4. The van der Waals surface area contributed by atoms with Crippen molar-refractivity contribution in [1.29, 1.82) is 0 Å². The number of nitrogens with two attached hydrogens (primary N) is 1. The SMILES string of the molecule is C/C(N)=C(/N=CC(C)CN1Cc2c(ccnc2C(=O)NCCCO)C1=O)OCC(F)(F)F. The molecule has 2 amide bonds. The van der Waals surface area contributed by atoms with Crippen LogP contribution >= 0.6 is 0 Å². The first-order valence-electron chi connectivity index (χ1n) is 9.89. The highest BCUT2D eigenvalue weighted by Gasteiger charge is 2.32. The average Bonchev–Trinajstić information content (AvgIpc) is 3.02. The van der Waals surface area contributed by atoms with Crippen LogP contribution < -0.4 is 11.1 Å². The van der Waals surface area contributed by atoms with Gasteiger partial charge in [-0.3, -0.25) is 14.6 Å². The van der Waals surface area contributed by atoms with Gasteiger partial charge in [-0.25, -0.2) is 4.99 Å². The molecule has 176 valence electrons. The number of aliphatic hydroxyl groups excluding tert-OH is 1. The van der Waals surface area contributed by atoms with E-state index < -0.39 is 18.7 Å². The molecule has 0 saturated carbocycles. The summed E-state index contributed by atoms with van der Waals surface area (Å²) in [5, 5.41) is 11.5. The summed E-state index contributed by atoms with van der Waals surface area (Å²) in [5.74, 6) is -1.40. The quantitative estimate of drug-likeness (QED) is 0.278. The standard InChI is InChI=1S/C20H26F3N5O4/c1-12(8-27-18(13(2)24)32-11-20(21,22)23)9-28-10-15-14(19(28)31)4-6-25-16(15)17(30)26-5-3-7-29/h4,6,8,12,29H,3,5,7,9-11,24H2,1-2H3,(H,26,30)/b18-13+,27-8?. The zero-order valence-corrected chi connectivity index (χ0v) is 17.8. The predicted molar refractivity (Wildman–Crippen MR) is 110 cm³/mol. The fourth-order valence-corrected chi connectivity index (χ4v) is 2.99. The van der Waals surface area contributed by atoms with Gasteiger partial charge in [0.15, 0.2) is 6.61 Å². The number of amides is 2. The molecule has 0 fully saturated rings. The maximum atomic E-state index is 12.7. The van der Waals surface area contributed by atoms with Crippen LogP contribution in [0.2, 0.25) is 0 Å². The molecular weight excluding hydrogens is 431 g/mol. The summed E-state index contributed by atoms with van der Waals surface area (Å²) in [4.78, 5) is 34.6. The van der Waals surface area contributed by atoms with E-state index in [1.807, 2.05) is 0 Å². The van der Waals surface area contributed by atoms with Crippen LogP contribution in [0.15, 0.2) is 28.8 Å². The first kappa shape index (κ1) is 25.1. The van der Waals surface area contributed by atoms with Crippen LogP contribution in [-0.2, 0) is 11.3 Å². The number of nitrogens with zero attached hydrogens (tertiary/aromatic N) is 3. The number of aromatic nitrogens is 1. The molecule has 0 spiro atoms. The smallest absolute Gasteiger partial charge is 0.422 e. The molecule has 1 aromatic heterocycles. The third kappa shape index (κ3) is 6.94. The van der Waals surface area contributed by atoms with Crippen LogP contribution in [0.4, 0.5) is 13.2 Å². The van der Waals surface area contributed by atoms with E-state index in [1.165, 1.54) is 30.3 Å². The monoisotopic (exact) mass is 457 g/mol. The van der Waals surface area contributed by atoms with E-state index in [9.17, 15) is 22.8 Å². The van der Waals surface area contributed by atoms with E-state index in [0.29, 0.717) is 17.5 Å². The Balaban J connectivity index is 2.05. The molecule has 0 radical (unpaired) electrons. The number of carbonyl (C=O) groups is 2. The maximum Gasteiger partial charge on any atom is 0.422 e. The highest BCUT2D eigenvalue weighted by Crippen LogP contribution is 2.25. The number of fused-ring (bicyclic) bond motifs is 1. The number of pyridine rings is 1. The van der Waals surface area contributed by atoms with Gasteiger partial charge in [0.25, 0.3) is 11.8 Å². The van der Waals surface area contributed by atoms with E-state index in [2.05, 4.69) is 20.0 Å². The van der Waals surface area contributed by atoms with E-state index in [4.69, 9.17) is 10.8 Å². The lowest BCUT2D eigenvalue weighted by Crippen LogP contribution is -2.30. The lowest BCUT2D eigenvalue weighted by molar-refractivity contribution is -0.165. The number of nitrogens with one attached hydrogen (secondary N) is 1. The normalized spacial score (nSPS) is 15.6. The Morgan fingerprint density at radius 3 is 2.84 bits per heavy atom. The Labute approximate surface area is 183 Å². The second-order valence-corrected chi connectivity index (χ2v) is 7.35. The van der Waals surface area contributed by atoms with Crippen LogP contribution in [0.3, 0.4) is 0 Å². The van der Waals surface area contributed by atoms with Crippen molar-refractivity contribution in [1.82, 2.24) is 15.2 Å². The van der Waals surface area contributed by atoms with Gasteiger partial charge in [0.1, 0.15) is 5.69 Å². The van der Waals surface area contributed by atoms with E-state index >= 15 is 0 Å². The van der Waals surface area contributed by atoms with Gasteiger partial charge in [-0.15, -0.1) is 0 Å². The maximum absolute atomic E-state index is 12.7. The van der Waals surface area contributed by atoms with Crippen molar-refractivity contribution in [2.75, 3.05) is 26.3 Å². The Morgan fingerprint density at radius 2 is 2.22 bits per heavy atom. The van der Waals surface area contributed by atoms with Gasteiger partial charge in [0, 0.05) is 55.7 Å². The van der Waals surface area contributed by atoms with Gasteiger partial charge >= 0.3 is 6.18 Å². The Morgan fingerprint density at radius 1 is 1.50 bits per heavy atom. The predicted octanol–water partition coefficient (Wildman–Crippen LogP) is 1.58. The van der Waals surface area contributed by atoms with Crippen molar-refractivity contribution in [3.8, 4) is 0 Å². The van der Waals surface area contributed by atoms with Gasteiger partial charge in [-0.05, 0) is 19.4 Å². The van der Waals surface area contributed by atoms with Crippen LogP contribution in [0.25, 0.3) is 0 Å². The fourth-order valence-electron chi connectivity index (χ4n) is 2.99. The molecule has 32 heavy (non-hydrogen) atoms. The summed E-state index contributed by atoms with van der Waals surface area (Å²) < 4.78 is 41.7. The molecule has 1 aromatic rings. The minimum atomic E-state index is -4.52. The van der Waals surface area contributed by atoms with Crippen molar-refractivity contribution >= 4 is 18.0 Å². The zero-order valence-electron chi connectivity index (χ0n) is 17.8. The number of allylic oxidation sites excluding steroid dienone is 1. The number of aliphatic imine (C=N–C) groups is 1. The van der Waals surface area contributed by atoms with Crippen molar-refractivity contribution in [2.24, 2.45) is 16.6 Å². The summed E-state index contributed by atoms with van der Waals surface area (Å²) in [6, 6.07) is 1.53. The molecule has 2 heterocycles. The summed E-state index contributed by atoms with van der Waals surface area (Å²) in [6.45, 7) is 2.17. The molecule has 1 aliphatic rings. The molecule has 0 saturated heterocycles. The lowest BCUT2D eigenvalue weighted by atomic mass is 10.1. The van der Waals surface area contributed by atoms with Crippen LogP contribution in [0, 0.1) is 5.92 Å². The minimum Gasteiger partial charge on any atom is -0.467 e.